The van der Waals surface area contributed by atoms with E-state index in [1.54, 1.807) is 0 Å². The zero-order chi connectivity index (χ0) is 12.3. The van der Waals surface area contributed by atoms with Gasteiger partial charge in [0.25, 0.3) is 0 Å². The number of hydrogen-bond acceptors (Lipinski definition) is 1. The lowest BCUT2D eigenvalue weighted by atomic mass is 9.99. The fourth-order valence-electron chi connectivity index (χ4n) is 2.35. The first-order chi connectivity index (χ1) is 8.15. The minimum absolute atomic E-state index is 0.259. The number of rotatable bonds is 2. The number of likely N-dealkylation sites (tertiary alicyclic amines) is 1. The minimum Gasteiger partial charge on any atom is -0.342 e. The fourth-order valence-corrected chi connectivity index (χ4v) is 2.80. The topological polar surface area (TPSA) is 20.3 Å². The second-order valence-electron chi connectivity index (χ2n) is 4.89. The molecular weight excluding hydrogens is 278 g/mol. The first-order valence-electron chi connectivity index (χ1n) is 6.17. The van der Waals surface area contributed by atoms with Crippen LogP contribution in [0.1, 0.15) is 25.3 Å². The molecule has 1 saturated heterocycles. The lowest BCUT2D eigenvalue weighted by molar-refractivity contribution is -0.132. The van der Waals surface area contributed by atoms with Gasteiger partial charge in [0.05, 0.1) is 6.42 Å². The van der Waals surface area contributed by atoms with Crippen molar-refractivity contribution in [3.63, 3.8) is 0 Å². The summed E-state index contributed by atoms with van der Waals surface area (Å²) in [7, 11) is 0. The maximum absolute atomic E-state index is 12.1. The lowest BCUT2D eigenvalue weighted by Gasteiger charge is -2.31. The predicted octanol–water partition coefficient (Wildman–Crippen LogP) is 3.25. The zero-order valence-electron chi connectivity index (χ0n) is 10.2. The number of nitrogens with zero attached hydrogens (tertiary/aromatic N) is 1. The van der Waals surface area contributed by atoms with Gasteiger partial charge in [0.1, 0.15) is 0 Å². The van der Waals surface area contributed by atoms with Gasteiger partial charge in [0.15, 0.2) is 0 Å². The average Bonchev–Trinajstić information content (AvgIpc) is 2.29. The van der Waals surface area contributed by atoms with Crippen LogP contribution in [0.25, 0.3) is 0 Å². The van der Waals surface area contributed by atoms with Crippen molar-refractivity contribution in [2.45, 2.75) is 26.2 Å². The highest BCUT2D eigenvalue weighted by Crippen LogP contribution is 2.17. The Morgan fingerprint density at radius 3 is 3.06 bits per heavy atom. The number of benzene rings is 1. The second kappa shape index (κ2) is 5.67. The largest absolute Gasteiger partial charge is 0.342 e. The number of hydrogen-bond donors (Lipinski definition) is 0. The molecule has 0 spiro atoms. The van der Waals surface area contributed by atoms with Gasteiger partial charge in [-0.2, -0.15) is 0 Å². The molecule has 2 nitrogen and oxygen atoms in total. The molecule has 1 atom stereocenters. The molecule has 0 radical (unpaired) electrons. The first-order valence-corrected chi connectivity index (χ1v) is 6.96. The van der Waals surface area contributed by atoms with Crippen molar-refractivity contribution < 1.29 is 4.79 Å². The van der Waals surface area contributed by atoms with E-state index >= 15 is 0 Å². The van der Waals surface area contributed by atoms with Crippen LogP contribution in [-0.2, 0) is 11.2 Å². The molecule has 3 heteroatoms. The van der Waals surface area contributed by atoms with E-state index in [0.717, 1.165) is 29.5 Å². The summed E-state index contributed by atoms with van der Waals surface area (Å²) in [6, 6.07) is 7.99. The van der Waals surface area contributed by atoms with Crippen molar-refractivity contribution in [2.75, 3.05) is 13.1 Å². The van der Waals surface area contributed by atoms with E-state index in [1.807, 2.05) is 29.2 Å². The van der Waals surface area contributed by atoms with E-state index in [4.69, 9.17) is 0 Å². The van der Waals surface area contributed by atoms with Gasteiger partial charge in [-0.1, -0.05) is 35.0 Å². The van der Waals surface area contributed by atoms with Crippen LogP contribution in [0.3, 0.4) is 0 Å². The van der Waals surface area contributed by atoms with Crippen molar-refractivity contribution in [1.29, 1.82) is 0 Å². The fraction of sp³-hybridized carbons (Fsp3) is 0.500. The molecule has 0 N–H and O–H groups in total. The Labute approximate surface area is 111 Å². The van der Waals surface area contributed by atoms with Gasteiger partial charge in [0.2, 0.25) is 5.91 Å². The molecule has 1 fully saturated rings. The second-order valence-corrected chi connectivity index (χ2v) is 5.81. The molecule has 1 aliphatic rings. The monoisotopic (exact) mass is 295 g/mol. The minimum atomic E-state index is 0.259. The number of halogens is 1. The van der Waals surface area contributed by atoms with Crippen LogP contribution in [0.4, 0.5) is 0 Å². The Morgan fingerprint density at radius 2 is 2.35 bits per heavy atom. The van der Waals surface area contributed by atoms with Crippen LogP contribution in [0.15, 0.2) is 28.7 Å². The van der Waals surface area contributed by atoms with Crippen LogP contribution < -0.4 is 0 Å². The Bertz CT molecular complexity index is 405. The number of piperidine rings is 1. The van der Waals surface area contributed by atoms with Crippen LogP contribution in [-0.4, -0.2) is 23.9 Å². The van der Waals surface area contributed by atoms with E-state index in [-0.39, 0.29) is 5.91 Å². The van der Waals surface area contributed by atoms with E-state index < -0.39 is 0 Å². The summed E-state index contributed by atoms with van der Waals surface area (Å²) in [5.74, 6) is 0.907. The van der Waals surface area contributed by atoms with Gasteiger partial charge in [-0.3, -0.25) is 4.79 Å². The maximum atomic E-state index is 12.1. The van der Waals surface area contributed by atoms with Crippen LogP contribution in [0.2, 0.25) is 0 Å². The van der Waals surface area contributed by atoms with Crippen molar-refractivity contribution in [1.82, 2.24) is 4.90 Å². The summed E-state index contributed by atoms with van der Waals surface area (Å²) in [5.41, 5.74) is 1.09. The predicted molar refractivity (Wildman–Crippen MR) is 72.8 cm³/mol. The van der Waals surface area contributed by atoms with Gasteiger partial charge in [-0.15, -0.1) is 0 Å². The Balaban J connectivity index is 1.96. The van der Waals surface area contributed by atoms with Crippen molar-refractivity contribution in [2.24, 2.45) is 5.92 Å². The third-order valence-corrected chi connectivity index (χ3v) is 3.75. The van der Waals surface area contributed by atoms with Crippen molar-refractivity contribution in [3.05, 3.63) is 34.3 Å². The van der Waals surface area contributed by atoms with Gasteiger partial charge in [0, 0.05) is 17.6 Å². The van der Waals surface area contributed by atoms with Gasteiger partial charge in [-0.05, 0) is 36.5 Å². The molecule has 92 valence electrons. The SMILES string of the molecule is C[C@@H]1CCCN(C(=O)Cc2cccc(Br)c2)C1. The number of amides is 1. The van der Waals surface area contributed by atoms with Gasteiger partial charge in [-0.25, -0.2) is 0 Å². The smallest absolute Gasteiger partial charge is 0.226 e. The van der Waals surface area contributed by atoms with Crippen LogP contribution >= 0.6 is 15.9 Å². The molecule has 0 aliphatic carbocycles. The Kier molecular flexibility index (Phi) is 4.21. The molecule has 1 aliphatic heterocycles. The van der Waals surface area contributed by atoms with Crippen LogP contribution in [0, 0.1) is 5.92 Å². The molecule has 0 saturated carbocycles. The first kappa shape index (κ1) is 12.6. The number of carbonyl (C=O) groups is 1. The molecule has 1 heterocycles. The quantitative estimate of drug-likeness (QED) is 0.820. The molecular formula is C14H18BrNO. The highest BCUT2D eigenvalue weighted by Gasteiger charge is 2.20. The molecule has 0 unspecified atom stereocenters. The molecule has 1 aromatic carbocycles. The highest BCUT2D eigenvalue weighted by molar-refractivity contribution is 9.10. The summed E-state index contributed by atoms with van der Waals surface area (Å²) >= 11 is 3.43. The van der Waals surface area contributed by atoms with E-state index in [9.17, 15) is 4.79 Å². The maximum Gasteiger partial charge on any atom is 0.226 e. The summed E-state index contributed by atoms with van der Waals surface area (Å²) < 4.78 is 1.04. The molecule has 2 rings (SSSR count). The standard InChI is InChI=1S/C14H18BrNO/c1-11-4-3-7-16(10-11)14(17)9-12-5-2-6-13(15)8-12/h2,5-6,8,11H,3-4,7,9-10H2,1H3/t11-/m1/s1. The van der Waals surface area contributed by atoms with E-state index in [1.165, 1.54) is 6.42 Å². The normalized spacial score (nSPS) is 20.4. The van der Waals surface area contributed by atoms with Gasteiger partial charge < -0.3 is 4.90 Å². The number of carbonyl (C=O) groups excluding carboxylic acids is 1. The summed E-state index contributed by atoms with van der Waals surface area (Å²) in [4.78, 5) is 14.1. The molecule has 0 aromatic heterocycles. The third kappa shape index (κ3) is 3.56. The summed E-state index contributed by atoms with van der Waals surface area (Å²) in [6.07, 6.45) is 2.91. The Hall–Kier alpha value is -0.830. The average molecular weight is 296 g/mol. The molecule has 17 heavy (non-hydrogen) atoms. The third-order valence-electron chi connectivity index (χ3n) is 3.25. The Morgan fingerprint density at radius 1 is 1.53 bits per heavy atom. The van der Waals surface area contributed by atoms with E-state index in [2.05, 4.69) is 22.9 Å². The molecule has 0 bridgehead atoms. The summed E-state index contributed by atoms with van der Waals surface area (Å²) in [5, 5.41) is 0. The zero-order valence-corrected chi connectivity index (χ0v) is 11.7. The van der Waals surface area contributed by atoms with E-state index in [0.29, 0.717) is 12.3 Å². The van der Waals surface area contributed by atoms with Crippen molar-refractivity contribution in [3.8, 4) is 0 Å². The molecule has 1 amide bonds. The van der Waals surface area contributed by atoms with Gasteiger partial charge >= 0.3 is 0 Å². The lowest BCUT2D eigenvalue weighted by Crippen LogP contribution is -2.39. The highest BCUT2D eigenvalue weighted by atomic mass is 79.9. The summed E-state index contributed by atoms with van der Waals surface area (Å²) in [6.45, 7) is 4.07. The van der Waals surface area contributed by atoms with Crippen molar-refractivity contribution >= 4 is 21.8 Å². The molecule has 1 aromatic rings. The van der Waals surface area contributed by atoms with Crippen LogP contribution in [0.5, 0.6) is 0 Å².